The Morgan fingerprint density at radius 3 is 2.68 bits per heavy atom. The van der Waals surface area contributed by atoms with Crippen LogP contribution in [0.3, 0.4) is 0 Å². The Balaban J connectivity index is 1.88. The molecule has 2 rings (SSSR count). The molecule has 1 aliphatic rings. The van der Waals surface area contributed by atoms with Crippen LogP contribution in [0.5, 0.6) is 0 Å². The Morgan fingerprint density at radius 2 is 2.11 bits per heavy atom. The number of rotatable bonds is 5. The quantitative estimate of drug-likeness (QED) is 0.747. The van der Waals surface area contributed by atoms with Gasteiger partial charge in [0.2, 0.25) is 0 Å². The van der Waals surface area contributed by atoms with Gasteiger partial charge in [-0.3, -0.25) is 9.58 Å². The molecule has 0 aromatic carbocycles. The summed E-state index contributed by atoms with van der Waals surface area (Å²) in [4.78, 5) is 2.29. The molecule has 2 heterocycles. The van der Waals surface area contributed by atoms with E-state index in [0.29, 0.717) is 19.8 Å². The van der Waals surface area contributed by atoms with Gasteiger partial charge in [-0.15, -0.1) is 0 Å². The lowest BCUT2D eigenvalue weighted by atomic mass is 10.3. The Bertz CT molecular complexity index is 508. The van der Waals surface area contributed by atoms with E-state index in [1.165, 1.54) is 17.1 Å². The van der Waals surface area contributed by atoms with Crippen molar-refractivity contribution in [2.24, 2.45) is 0 Å². The Hall–Kier alpha value is -0.960. The second kappa shape index (κ2) is 6.00. The van der Waals surface area contributed by atoms with Crippen molar-refractivity contribution in [3.8, 4) is 0 Å². The maximum atomic E-state index is 11.3. The largest absolute Gasteiger partial charge is 0.390 e. The van der Waals surface area contributed by atoms with Gasteiger partial charge in [-0.05, 0) is 0 Å². The fraction of sp³-hybridized carbons (Fsp3) is 0.727. The van der Waals surface area contributed by atoms with Crippen molar-refractivity contribution >= 4 is 9.84 Å². The second-order valence-electron chi connectivity index (χ2n) is 4.74. The Labute approximate surface area is 112 Å². The fourth-order valence-electron chi connectivity index (χ4n) is 1.99. The van der Waals surface area contributed by atoms with Crippen molar-refractivity contribution in [1.29, 1.82) is 0 Å². The number of aliphatic hydroxyl groups excluding tert-OH is 1. The predicted octanol–water partition coefficient (Wildman–Crippen LogP) is -1.02. The SMILES string of the molecule is CS(=O)(=O)c1cnn(CC(O)CN2CCOCC2)c1. The van der Waals surface area contributed by atoms with Crippen molar-refractivity contribution < 1.29 is 18.3 Å². The summed E-state index contributed by atoms with van der Waals surface area (Å²) in [6, 6.07) is 0. The van der Waals surface area contributed by atoms with Crippen LogP contribution in [0.25, 0.3) is 0 Å². The first-order chi connectivity index (χ1) is 8.95. The third-order valence-electron chi connectivity index (χ3n) is 3.01. The van der Waals surface area contributed by atoms with E-state index in [1.54, 1.807) is 0 Å². The molecule has 0 saturated carbocycles. The van der Waals surface area contributed by atoms with Crippen LogP contribution in [-0.2, 0) is 21.1 Å². The first-order valence-electron chi connectivity index (χ1n) is 6.16. The molecule has 1 N–H and O–H groups in total. The lowest BCUT2D eigenvalue weighted by Gasteiger charge is -2.28. The standard InChI is InChI=1S/C11H19N3O4S/c1-19(16,17)11-6-12-14(9-11)8-10(15)7-13-2-4-18-5-3-13/h6,9-10,15H,2-5,7-8H2,1H3. The molecule has 1 unspecified atom stereocenters. The van der Waals surface area contributed by atoms with Crippen LogP contribution in [0.2, 0.25) is 0 Å². The Morgan fingerprint density at radius 1 is 1.42 bits per heavy atom. The normalized spacial score (nSPS) is 19.5. The Kier molecular flexibility index (Phi) is 4.56. The van der Waals surface area contributed by atoms with Gasteiger partial charge in [0.25, 0.3) is 0 Å². The number of morpholine rings is 1. The summed E-state index contributed by atoms with van der Waals surface area (Å²) in [5.74, 6) is 0. The molecule has 1 aromatic heterocycles. The maximum absolute atomic E-state index is 11.3. The zero-order chi connectivity index (χ0) is 13.9. The van der Waals surface area contributed by atoms with Crippen molar-refractivity contribution in [3.05, 3.63) is 12.4 Å². The summed E-state index contributed by atoms with van der Waals surface area (Å²) in [6.45, 7) is 3.82. The molecule has 108 valence electrons. The van der Waals surface area contributed by atoms with E-state index in [-0.39, 0.29) is 11.4 Å². The summed E-state index contributed by atoms with van der Waals surface area (Å²) < 4.78 is 29.3. The summed E-state index contributed by atoms with van der Waals surface area (Å²) in [5, 5.41) is 13.9. The molecule has 0 bridgehead atoms. The van der Waals surface area contributed by atoms with Gasteiger partial charge in [-0.25, -0.2) is 8.42 Å². The van der Waals surface area contributed by atoms with E-state index in [2.05, 4.69) is 10.00 Å². The third kappa shape index (κ3) is 4.27. The molecule has 0 radical (unpaired) electrons. The van der Waals surface area contributed by atoms with Crippen molar-refractivity contribution in [2.75, 3.05) is 39.1 Å². The molecule has 0 amide bonds. The van der Waals surface area contributed by atoms with E-state index in [4.69, 9.17) is 4.74 Å². The van der Waals surface area contributed by atoms with Crippen LogP contribution in [0.4, 0.5) is 0 Å². The average Bonchev–Trinajstić information content (AvgIpc) is 2.78. The van der Waals surface area contributed by atoms with E-state index in [0.717, 1.165) is 19.3 Å². The van der Waals surface area contributed by atoms with Crippen LogP contribution < -0.4 is 0 Å². The van der Waals surface area contributed by atoms with E-state index >= 15 is 0 Å². The van der Waals surface area contributed by atoms with Gasteiger partial charge in [0.05, 0.1) is 32.1 Å². The molecule has 1 aliphatic heterocycles. The topological polar surface area (TPSA) is 84.7 Å². The van der Waals surface area contributed by atoms with Gasteiger partial charge in [-0.1, -0.05) is 0 Å². The van der Waals surface area contributed by atoms with E-state index in [1.807, 2.05) is 0 Å². The highest BCUT2D eigenvalue weighted by molar-refractivity contribution is 7.90. The summed E-state index contributed by atoms with van der Waals surface area (Å²) in [6.07, 6.45) is 3.30. The molecule has 19 heavy (non-hydrogen) atoms. The first-order valence-corrected chi connectivity index (χ1v) is 8.05. The fourth-order valence-corrected chi connectivity index (χ4v) is 2.54. The van der Waals surface area contributed by atoms with Gasteiger partial charge in [-0.2, -0.15) is 5.10 Å². The zero-order valence-corrected chi connectivity index (χ0v) is 11.7. The van der Waals surface area contributed by atoms with Crippen molar-refractivity contribution in [1.82, 2.24) is 14.7 Å². The van der Waals surface area contributed by atoms with Crippen LogP contribution in [0, 0.1) is 0 Å². The summed E-state index contributed by atoms with van der Waals surface area (Å²) >= 11 is 0. The van der Waals surface area contributed by atoms with E-state index in [9.17, 15) is 13.5 Å². The summed E-state index contributed by atoms with van der Waals surface area (Å²) in [7, 11) is -3.24. The minimum absolute atomic E-state index is 0.172. The molecule has 8 heteroatoms. The number of nitrogens with zero attached hydrogens (tertiary/aromatic N) is 3. The number of sulfone groups is 1. The lowest BCUT2D eigenvalue weighted by Crippen LogP contribution is -2.42. The lowest BCUT2D eigenvalue weighted by molar-refractivity contribution is 0.0108. The number of aliphatic hydroxyl groups is 1. The highest BCUT2D eigenvalue weighted by atomic mass is 32.2. The monoisotopic (exact) mass is 289 g/mol. The van der Waals surface area contributed by atoms with Crippen LogP contribution >= 0.6 is 0 Å². The number of hydrogen-bond donors (Lipinski definition) is 1. The molecule has 0 spiro atoms. The van der Waals surface area contributed by atoms with Gasteiger partial charge in [0, 0.05) is 32.1 Å². The minimum Gasteiger partial charge on any atom is -0.390 e. The van der Waals surface area contributed by atoms with E-state index < -0.39 is 15.9 Å². The third-order valence-corrected chi connectivity index (χ3v) is 4.08. The number of hydrogen-bond acceptors (Lipinski definition) is 6. The molecule has 1 aromatic rings. The molecule has 1 atom stereocenters. The molecule has 0 aliphatic carbocycles. The molecular weight excluding hydrogens is 270 g/mol. The predicted molar refractivity (Wildman–Crippen MR) is 68.6 cm³/mol. The van der Waals surface area contributed by atoms with Gasteiger partial charge >= 0.3 is 0 Å². The van der Waals surface area contributed by atoms with Crippen molar-refractivity contribution in [2.45, 2.75) is 17.5 Å². The molecular formula is C11H19N3O4S. The number of β-amino-alcohol motifs (C(OH)–C–C–N with tert-alkyl or cyclic N) is 1. The highest BCUT2D eigenvalue weighted by Gasteiger charge is 2.16. The maximum Gasteiger partial charge on any atom is 0.178 e. The van der Waals surface area contributed by atoms with Crippen LogP contribution in [0.15, 0.2) is 17.3 Å². The van der Waals surface area contributed by atoms with Crippen molar-refractivity contribution in [3.63, 3.8) is 0 Å². The molecule has 1 fully saturated rings. The van der Waals surface area contributed by atoms with Gasteiger partial charge < -0.3 is 9.84 Å². The van der Waals surface area contributed by atoms with Crippen LogP contribution in [-0.4, -0.2) is 73.4 Å². The summed E-state index contributed by atoms with van der Waals surface area (Å²) in [5.41, 5.74) is 0. The molecule has 7 nitrogen and oxygen atoms in total. The average molecular weight is 289 g/mol. The minimum atomic E-state index is -3.24. The van der Waals surface area contributed by atoms with Gasteiger partial charge in [0.15, 0.2) is 9.84 Å². The zero-order valence-electron chi connectivity index (χ0n) is 10.9. The number of aromatic nitrogens is 2. The first kappa shape index (κ1) is 14.4. The smallest absolute Gasteiger partial charge is 0.178 e. The number of ether oxygens (including phenoxy) is 1. The van der Waals surface area contributed by atoms with Crippen LogP contribution in [0.1, 0.15) is 0 Å². The molecule has 1 saturated heterocycles. The second-order valence-corrected chi connectivity index (χ2v) is 6.75. The highest BCUT2D eigenvalue weighted by Crippen LogP contribution is 2.07. The van der Waals surface area contributed by atoms with Gasteiger partial charge in [0.1, 0.15) is 4.90 Å².